The van der Waals surface area contributed by atoms with Crippen molar-refractivity contribution >= 4 is 22.7 Å². The Bertz CT molecular complexity index is 1230. The number of aryl methyl sites for hydroxylation is 3. The second-order valence-electron chi connectivity index (χ2n) is 7.57. The Morgan fingerprint density at radius 3 is 2.41 bits per heavy atom. The highest BCUT2D eigenvalue weighted by atomic mass is 16.2. The van der Waals surface area contributed by atoms with Crippen molar-refractivity contribution in [2.45, 2.75) is 38.6 Å². The van der Waals surface area contributed by atoms with Crippen molar-refractivity contribution in [3.05, 3.63) is 74.8 Å². The fourth-order valence-electron chi connectivity index (χ4n) is 4.20. The van der Waals surface area contributed by atoms with E-state index in [9.17, 15) is 14.4 Å². The first kappa shape index (κ1) is 17.6. The van der Waals surface area contributed by atoms with Crippen LogP contribution in [0.3, 0.4) is 0 Å². The van der Waals surface area contributed by atoms with Crippen LogP contribution >= 0.6 is 0 Å². The van der Waals surface area contributed by atoms with Crippen LogP contribution in [0.4, 0.5) is 0 Å². The van der Waals surface area contributed by atoms with Gasteiger partial charge < -0.3 is 0 Å². The Kier molecular flexibility index (Phi) is 4.16. The number of carbonyl (C=O) groups excluding carboxylic acids is 2. The van der Waals surface area contributed by atoms with E-state index in [0.717, 1.165) is 37.9 Å². The van der Waals surface area contributed by atoms with Gasteiger partial charge in [0.25, 0.3) is 17.4 Å². The minimum Gasteiger partial charge on any atom is -0.296 e. The molecule has 0 saturated heterocycles. The quantitative estimate of drug-likeness (QED) is 0.656. The highest BCUT2D eigenvalue weighted by Gasteiger charge is 2.18. The summed E-state index contributed by atoms with van der Waals surface area (Å²) in [6, 6.07) is 10.4. The fourth-order valence-corrected chi connectivity index (χ4v) is 4.20. The van der Waals surface area contributed by atoms with E-state index in [1.165, 1.54) is 11.1 Å². The van der Waals surface area contributed by atoms with Crippen LogP contribution in [-0.4, -0.2) is 21.4 Å². The van der Waals surface area contributed by atoms with E-state index in [2.05, 4.69) is 15.8 Å². The molecule has 0 atom stereocenters. The van der Waals surface area contributed by atoms with Crippen molar-refractivity contribution in [1.82, 2.24) is 20.4 Å². The minimum absolute atomic E-state index is 0.0700. The van der Waals surface area contributed by atoms with E-state index in [-0.39, 0.29) is 11.5 Å². The standard InChI is InChI=1S/C22H20N4O3/c27-20(15-7-6-13-3-1-4-14(13)11-15)24-25-21(28)16-8-9-17-18(12-16)23-19-5-2-10-26(19)22(17)29/h6-9,11-12H,1-5,10H2,(H,24,27)(H,25,28). The van der Waals surface area contributed by atoms with Crippen LogP contribution in [0.1, 0.15) is 50.5 Å². The molecule has 2 aliphatic rings. The van der Waals surface area contributed by atoms with Gasteiger partial charge in [-0.25, -0.2) is 4.98 Å². The molecule has 1 aromatic heterocycles. The largest absolute Gasteiger partial charge is 0.296 e. The second-order valence-corrected chi connectivity index (χ2v) is 7.57. The molecule has 2 heterocycles. The summed E-state index contributed by atoms with van der Waals surface area (Å²) in [5, 5.41) is 0.495. The molecule has 7 heteroatoms. The zero-order valence-electron chi connectivity index (χ0n) is 15.8. The zero-order chi connectivity index (χ0) is 20.0. The maximum absolute atomic E-state index is 12.5. The maximum atomic E-state index is 12.5. The minimum atomic E-state index is -0.455. The SMILES string of the molecule is O=C(NNC(=O)c1ccc2c(=O)n3c(nc2c1)CCC3)c1ccc2c(c1)CCC2. The number of hydrogen-bond donors (Lipinski definition) is 2. The van der Waals surface area contributed by atoms with Crippen molar-refractivity contribution in [2.24, 2.45) is 0 Å². The number of benzene rings is 2. The van der Waals surface area contributed by atoms with Gasteiger partial charge in [0.1, 0.15) is 5.82 Å². The number of fused-ring (bicyclic) bond motifs is 3. The molecule has 2 N–H and O–H groups in total. The van der Waals surface area contributed by atoms with Gasteiger partial charge in [0, 0.05) is 24.1 Å². The van der Waals surface area contributed by atoms with Crippen molar-refractivity contribution in [3.63, 3.8) is 0 Å². The number of rotatable bonds is 2. The van der Waals surface area contributed by atoms with Crippen LogP contribution < -0.4 is 16.4 Å². The van der Waals surface area contributed by atoms with Gasteiger partial charge in [0.15, 0.2) is 0 Å². The smallest absolute Gasteiger partial charge is 0.269 e. The van der Waals surface area contributed by atoms with Crippen molar-refractivity contribution in [1.29, 1.82) is 0 Å². The summed E-state index contributed by atoms with van der Waals surface area (Å²) in [5.41, 5.74) is 8.69. The summed E-state index contributed by atoms with van der Waals surface area (Å²) in [5.74, 6) is -0.0585. The monoisotopic (exact) mass is 388 g/mol. The first-order valence-corrected chi connectivity index (χ1v) is 9.86. The third kappa shape index (κ3) is 3.08. The molecule has 0 bridgehead atoms. The van der Waals surface area contributed by atoms with Gasteiger partial charge in [-0.05, 0) is 67.1 Å². The molecule has 2 aromatic carbocycles. The van der Waals surface area contributed by atoms with E-state index < -0.39 is 5.91 Å². The molecule has 1 aliphatic heterocycles. The van der Waals surface area contributed by atoms with Crippen LogP contribution in [0.2, 0.25) is 0 Å². The Labute approximate surface area is 166 Å². The number of amides is 2. The molecule has 0 radical (unpaired) electrons. The third-order valence-electron chi connectivity index (χ3n) is 5.73. The molecule has 0 spiro atoms. The average Bonchev–Trinajstić information content (AvgIpc) is 3.40. The van der Waals surface area contributed by atoms with E-state index in [0.29, 0.717) is 28.6 Å². The van der Waals surface area contributed by atoms with Crippen LogP contribution in [0.25, 0.3) is 10.9 Å². The van der Waals surface area contributed by atoms with Gasteiger partial charge in [0.2, 0.25) is 0 Å². The lowest BCUT2D eigenvalue weighted by Crippen LogP contribution is -2.41. The Hall–Kier alpha value is -3.48. The van der Waals surface area contributed by atoms with Crippen LogP contribution in [0.15, 0.2) is 41.2 Å². The lowest BCUT2D eigenvalue weighted by molar-refractivity contribution is 0.0846. The predicted molar refractivity (Wildman–Crippen MR) is 108 cm³/mol. The Balaban J connectivity index is 1.33. The molecule has 1 aliphatic carbocycles. The highest BCUT2D eigenvalue weighted by Crippen LogP contribution is 2.22. The fraction of sp³-hybridized carbons (Fsp3) is 0.273. The molecule has 7 nitrogen and oxygen atoms in total. The maximum Gasteiger partial charge on any atom is 0.269 e. The normalized spacial score (nSPS) is 14.5. The van der Waals surface area contributed by atoms with Gasteiger partial charge in [-0.15, -0.1) is 0 Å². The molecule has 0 unspecified atom stereocenters. The number of nitrogens with one attached hydrogen (secondary N) is 2. The first-order valence-electron chi connectivity index (χ1n) is 9.86. The van der Waals surface area contributed by atoms with E-state index >= 15 is 0 Å². The van der Waals surface area contributed by atoms with Crippen LogP contribution in [0.5, 0.6) is 0 Å². The Morgan fingerprint density at radius 1 is 0.862 bits per heavy atom. The second kappa shape index (κ2) is 6.84. The van der Waals surface area contributed by atoms with Crippen LogP contribution in [-0.2, 0) is 25.8 Å². The summed E-state index contributed by atoms with van der Waals surface area (Å²) >= 11 is 0. The molecule has 0 fully saturated rings. The summed E-state index contributed by atoms with van der Waals surface area (Å²) in [6.07, 6.45) is 4.81. The topological polar surface area (TPSA) is 93.1 Å². The molecule has 5 rings (SSSR count). The van der Waals surface area contributed by atoms with Crippen molar-refractivity contribution in [2.75, 3.05) is 0 Å². The predicted octanol–water partition coefficient (Wildman–Crippen LogP) is 1.91. The van der Waals surface area contributed by atoms with Gasteiger partial charge >= 0.3 is 0 Å². The van der Waals surface area contributed by atoms with Crippen molar-refractivity contribution in [3.8, 4) is 0 Å². The molecule has 2 amide bonds. The summed E-state index contributed by atoms with van der Waals surface area (Å²) in [4.78, 5) is 41.9. The van der Waals surface area contributed by atoms with Crippen LogP contribution in [0, 0.1) is 0 Å². The van der Waals surface area contributed by atoms with Gasteiger partial charge in [-0.3, -0.25) is 29.8 Å². The average molecular weight is 388 g/mol. The lowest BCUT2D eigenvalue weighted by Gasteiger charge is -2.10. The summed E-state index contributed by atoms with van der Waals surface area (Å²) in [7, 11) is 0. The molecular formula is C22H20N4O3. The molecule has 3 aromatic rings. The summed E-state index contributed by atoms with van der Waals surface area (Å²) < 4.78 is 1.69. The number of hydrazine groups is 1. The van der Waals surface area contributed by atoms with Gasteiger partial charge in [0.05, 0.1) is 10.9 Å². The van der Waals surface area contributed by atoms with E-state index in [1.54, 1.807) is 28.8 Å². The third-order valence-corrected chi connectivity index (χ3v) is 5.73. The molecule has 146 valence electrons. The van der Waals surface area contributed by atoms with E-state index in [1.807, 2.05) is 12.1 Å². The van der Waals surface area contributed by atoms with E-state index in [4.69, 9.17) is 0 Å². The number of aromatic nitrogens is 2. The van der Waals surface area contributed by atoms with Crippen molar-refractivity contribution < 1.29 is 9.59 Å². The molecule has 29 heavy (non-hydrogen) atoms. The molecule has 0 saturated carbocycles. The first-order chi connectivity index (χ1) is 14.1. The van der Waals surface area contributed by atoms with Gasteiger partial charge in [-0.1, -0.05) is 6.07 Å². The number of nitrogens with zero attached hydrogens (tertiary/aromatic N) is 2. The van der Waals surface area contributed by atoms with Gasteiger partial charge in [-0.2, -0.15) is 0 Å². The lowest BCUT2D eigenvalue weighted by atomic mass is 10.1. The number of hydrogen-bond acceptors (Lipinski definition) is 4. The summed E-state index contributed by atoms with van der Waals surface area (Å²) in [6.45, 7) is 0.689. The zero-order valence-corrected chi connectivity index (χ0v) is 15.8. The highest BCUT2D eigenvalue weighted by molar-refractivity contribution is 6.00. The Morgan fingerprint density at radius 2 is 1.59 bits per heavy atom. The number of carbonyl (C=O) groups is 2. The molecular weight excluding hydrogens is 368 g/mol.